The van der Waals surface area contributed by atoms with Gasteiger partial charge in [0.15, 0.2) is 18.3 Å². The van der Waals surface area contributed by atoms with Crippen LogP contribution in [-0.4, -0.2) is 65.9 Å². The predicted molar refractivity (Wildman–Crippen MR) is 105 cm³/mol. The largest absolute Gasteiger partial charge is 0.456 e. The van der Waals surface area contributed by atoms with Crippen molar-refractivity contribution >= 4 is 24.0 Å². The average molecular weight is 427 g/mol. The lowest BCUT2D eigenvalue weighted by Crippen LogP contribution is -2.68. The second-order valence-corrected chi connectivity index (χ2v) is 7.90. The summed E-state index contributed by atoms with van der Waals surface area (Å²) in [5, 5.41) is 0. The fourth-order valence-electron chi connectivity index (χ4n) is 4.30. The molecule has 30 heavy (non-hydrogen) atoms. The SMILES string of the molecule is CCCCCCCC[C@@H]1[C@H](OC(C)=O)[C@@H](OC(C)=O)[C@H](OC(C)=O)[C@H]2COC(=O)N12. The first-order valence-electron chi connectivity index (χ1n) is 10.7. The molecule has 0 spiro atoms. The number of cyclic esters (lactones) is 1. The maximum absolute atomic E-state index is 12.5. The van der Waals surface area contributed by atoms with Crippen LogP contribution in [0.3, 0.4) is 0 Å². The van der Waals surface area contributed by atoms with Crippen LogP contribution >= 0.6 is 0 Å². The van der Waals surface area contributed by atoms with Crippen molar-refractivity contribution in [3.63, 3.8) is 0 Å². The van der Waals surface area contributed by atoms with Gasteiger partial charge in [-0.2, -0.15) is 0 Å². The van der Waals surface area contributed by atoms with E-state index in [1.165, 1.54) is 32.1 Å². The molecule has 0 aromatic carbocycles. The number of hydrogen-bond donors (Lipinski definition) is 0. The van der Waals surface area contributed by atoms with Crippen molar-refractivity contribution < 1.29 is 38.1 Å². The molecule has 2 heterocycles. The van der Waals surface area contributed by atoms with Crippen LogP contribution in [0.2, 0.25) is 0 Å². The van der Waals surface area contributed by atoms with Crippen molar-refractivity contribution in [3.8, 4) is 0 Å². The molecule has 0 unspecified atom stereocenters. The Bertz CT molecular complexity index is 636. The second-order valence-electron chi connectivity index (χ2n) is 7.90. The molecule has 0 aromatic heterocycles. The molecule has 0 radical (unpaired) electrons. The van der Waals surface area contributed by atoms with Gasteiger partial charge in [0.25, 0.3) is 0 Å². The second kappa shape index (κ2) is 11.2. The number of hydrogen-bond acceptors (Lipinski definition) is 8. The fraction of sp³-hybridized carbons (Fsp3) is 0.810. The van der Waals surface area contributed by atoms with E-state index in [0.29, 0.717) is 6.42 Å². The Kier molecular flexibility index (Phi) is 8.92. The smallest absolute Gasteiger partial charge is 0.410 e. The summed E-state index contributed by atoms with van der Waals surface area (Å²) >= 11 is 0. The molecule has 9 heteroatoms. The minimum atomic E-state index is -1.02. The molecule has 2 aliphatic heterocycles. The number of carbonyl (C=O) groups excluding carboxylic acids is 4. The lowest BCUT2D eigenvalue weighted by molar-refractivity contribution is -0.207. The molecule has 2 rings (SSSR count). The summed E-state index contributed by atoms with van der Waals surface area (Å²) in [4.78, 5) is 49.3. The maximum atomic E-state index is 12.5. The first-order chi connectivity index (χ1) is 14.3. The number of fused-ring (bicyclic) bond motifs is 1. The molecule has 2 aliphatic rings. The molecule has 5 atom stereocenters. The molecule has 9 nitrogen and oxygen atoms in total. The van der Waals surface area contributed by atoms with Crippen molar-refractivity contribution in [1.82, 2.24) is 4.90 Å². The van der Waals surface area contributed by atoms with Crippen LogP contribution in [0.25, 0.3) is 0 Å². The highest BCUT2D eigenvalue weighted by Crippen LogP contribution is 2.36. The van der Waals surface area contributed by atoms with Crippen LogP contribution in [0.4, 0.5) is 4.79 Å². The van der Waals surface area contributed by atoms with Crippen LogP contribution in [0, 0.1) is 0 Å². The van der Waals surface area contributed by atoms with Gasteiger partial charge in [-0.25, -0.2) is 4.79 Å². The molecule has 0 N–H and O–H groups in total. The zero-order chi connectivity index (χ0) is 22.3. The number of piperidine rings is 1. The maximum Gasteiger partial charge on any atom is 0.410 e. The highest BCUT2D eigenvalue weighted by molar-refractivity contribution is 5.73. The molecule has 2 saturated heterocycles. The summed E-state index contributed by atoms with van der Waals surface area (Å²) in [6.07, 6.45) is 3.40. The topological polar surface area (TPSA) is 108 Å². The van der Waals surface area contributed by atoms with Gasteiger partial charge in [-0.15, -0.1) is 0 Å². The van der Waals surface area contributed by atoms with Crippen LogP contribution in [-0.2, 0) is 33.3 Å². The third kappa shape index (κ3) is 6.09. The number of carbonyl (C=O) groups is 4. The monoisotopic (exact) mass is 427 g/mol. The Labute approximate surface area is 177 Å². The van der Waals surface area contributed by atoms with Crippen LogP contribution < -0.4 is 0 Å². The molecule has 2 fully saturated rings. The van der Waals surface area contributed by atoms with Crippen LogP contribution in [0.15, 0.2) is 0 Å². The average Bonchev–Trinajstić information content (AvgIpc) is 3.03. The van der Waals surface area contributed by atoms with E-state index in [1.54, 1.807) is 0 Å². The lowest BCUT2D eigenvalue weighted by Gasteiger charge is -2.47. The quantitative estimate of drug-likeness (QED) is 0.297. The van der Waals surface area contributed by atoms with Gasteiger partial charge in [-0.05, 0) is 6.42 Å². The Morgan fingerprint density at radius 3 is 2.00 bits per heavy atom. The zero-order valence-electron chi connectivity index (χ0n) is 18.3. The summed E-state index contributed by atoms with van der Waals surface area (Å²) in [7, 11) is 0. The molecule has 0 aliphatic carbocycles. The van der Waals surface area contributed by atoms with E-state index in [-0.39, 0.29) is 6.61 Å². The molecule has 0 bridgehead atoms. The number of nitrogens with zero attached hydrogens (tertiary/aromatic N) is 1. The first-order valence-corrected chi connectivity index (χ1v) is 10.7. The van der Waals surface area contributed by atoms with Gasteiger partial charge in [0.1, 0.15) is 12.6 Å². The lowest BCUT2D eigenvalue weighted by atomic mass is 9.85. The first kappa shape index (κ1) is 24.0. The van der Waals surface area contributed by atoms with E-state index < -0.39 is 54.4 Å². The Balaban J connectivity index is 2.28. The van der Waals surface area contributed by atoms with Crippen molar-refractivity contribution in [1.29, 1.82) is 0 Å². The van der Waals surface area contributed by atoms with E-state index in [2.05, 4.69) is 6.92 Å². The van der Waals surface area contributed by atoms with Gasteiger partial charge in [0, 0.05) is 20.8 Å². The van der Waals surface area contributed by atoms with Crippen molar-refractivity contribution in [3.05, 3.63) is 0 Å². The molecule has 170 valence electrons. The number of unbranched alkanes of at least 4 members (excludes halogenated alkanes) is 5. The number of ether oxygens (including phenoxy) is 4. The number of esters is 3. The summed E-state index contributed by atoms with van der Waals surface area (Å²) in [5.41, 5.74) is 0. The van der Waals surface area contributed by atoms with E-state index in [1.807, 2.05) is 0 Å². The summed E-state index contributed by atoms with van der Waals surface area (Å²) < 4.78 is 21.6. The molecular formula is C21H33NO8. The highest BCUT2D eigenvalue weighted by atomic mass is 16.6. The normalized spacial score (nSPS) is 27.8. The third-order valence-electron chi connectivity index (χ3n) is 5.47. The van der Waals surface area contributed by atoms with E-state index in [4.69, 9.17) is 18.9 Å². The minimum Gasteiger partial charge on any atom is -0.456 e. The molecule has 0 saturated carbocycles. The van der Waals surface area contributed by atoms with E-state index in [9.17, 15) is 19.2 Å². The molecule has 0 aromatic rings. The summed E-state index contributed by atoms with van der Waals surface area (Å²) in [5.74, 6) is -1.75. The van der Waals surface area contributed by atoms with Gasteiger partial charge in [-0.1, -0.05) is 45.4 Å². The van der Waals surface area contributed by atoms with Gasteiger partial charge >= 0.3 is 24.0 Å². The van der Waals surface area contributed by atoms with Gasteiger partial charge in [-0.3, -0.25) is 19.3 Å². The predicted octanol–water partition coefficient (Wildman–Crippen LogP) is 2.74. The van der Waals surface area contributed by atoms with Crippen LogP contribution in [0.1, 0.15) is 72.6 Å². The Morgan fingerprint density at radius 2 is 1.40 bits per heavy atom. The summed E-state index contributed by atoms with van der Waals surface area (Å²) in [6.45, 7) is 5.88. The summed E-state index contributed by atoms with van der Waals surface area (Å²) in [6, 6.07) is -1.14. The van der Waals surface area contributed by atoms with Gasteiger partial charge in [0.2, 0.25) is 0 Å². The number of amides is 1. The Morgan fingerprint density at radius 1 is 0.867 bits per heavy atom. The van der Waals surface area contributed by atoms with Crippen LogP contribution in [0.5, 0.6) is 0 Å². The molecule has 1 amide bonds. The third-order valence-corrected chi connectivity index (χ3v) is 5.47. The van der Waals surface area contributed by atoms with E-state index in [0.717, 1.165) is 32.1 Å². The highest BCUT2D eigenvalue weighted by Gasteiger charge is 2.58. The minimum absolute atomic E-state index is 0.00827. The standard InChI is InChI=1S/C21H33NO8/c1-5-6-7-8-9-10-11-16-18(28-13(2)23)20(30-15(4)25)19(29-14(3)24)17-12-27-21(26)22(16)17/h16-20H,5-12H2,1-4H3/t16-,17-,18+,19-,20-/m1/s1. The fourth-order valence-corrected chi connectivity index (χ4v) is 4.30. The van der Waals surface area contributed by atoms with Crippen molar-refractivity contribution in [2.45, 2.75) is 103 Å². The Hall–Kier alpha value is -2.32. The van der Waals surface area contributed by atoms with Crippen molar-refractivity contribution in [2.24, 2.45) is 0 Å². The van der Waals surface area contributed by atoms with Gasteiger partial charge in [0.05, 0.1) is 6.04 Å². The van der Waals surface area contributed by atoms with Crippen molar-refractivity contribution in [2.75, 3.05) is 6.61 Å². The van der Waals surface area contributed by atoms with Gasteiger partial charge < -0.3 is 18.9 Å². The molecular weight excluding hydrogens is 394 g/mol. The van der Waals surface area contributed by atoms with E-state index >= 15 is 0 Å². The zero-order valence-corrected chi connectivity index (χ0v) is 18.3. The number of rotatable bonds is 10.